The van der Waals surface area contributed by atoms with Crippen molar-refractivity contribution < 1.29 is 4.74 Å². The lowest BCUT2D eigenvalue weighted by molar-refractivity contribution is 0.0220. The molecule has 2 fully saturated rings. The summed E-state index contributed by atoms with van der Waals surface area (Å²) in [5.74, 6) is 0. The van der Waals surface area contributed by atoms with Gasteiger partial charge in [-0.2, -0.15) is 0 Å². The van der Waals surface area contributed by atoms with Crippen molar-refractivity contribution in [2.45, 2.75) is 37.8 Å². The standard InChI is InChI=1S/C17H22ClN3O2.ClH/c18-12-1-2-15-16(11-12)21(17(22)19-15)14-3-7-20(8-4-14)13-5-9-23-10-6-13;/h1-2,11,13-14H,3-10H2,(H,19,22);1H. The van der Waals surface area contributed by atoms with E-state index in [1.165, 1.54) is 0 Å². The maximum atomic E-state index is 12.4. The quantitative estimate of drug-likeness (QED) is 0.881. The van der Waals surface area contributed by atoms with Crippen LogP contribution in [0.15, 0.2) is 23.0 Å². The summed E-state index contributed by atoms with van der Waals surface area (Å²) < 4.78 is 7.36. The third kappa shape index (κ3) is 3.36. The van der Waals surface area contributed by atoms with E-state index < -0.39 is 0 Å². The van der Waals surface area contributed by atoms with Crippen LogP contribution in [0, 0.1) is 0 Å². The van der Waals surface area contributed by atoms with E-state index in [1.807, 2.05) is 22.8 Å². The van der Waals surface area contributed by atoms with E-state index >= 15 is 0 Å². The number of halogens is 2. The van der Waals surface area contributed by atoms with E-state index in [0.29, 0.717) is 11.1 Å². The van der Waals surface area contributed by atoms with Gasteiger partial charge in [0.1, 0.15) is 0 Å². The van der Waals surface area contributed by atoms with Crippen LogP contribution in [0.3, 0.4) is 0 Å². The molecule has 0 saturated carbocycles. The van der Waals surface area contributed by atoms with Crippen molar-refractivity contribution in [1.29, 1.82) is 0 Å². The molecule has 2 aromatic rings. The lowest BCUT2D eigenvalue weighted by atomic mass is 9.99. The Kier molecular flexibility index (Phi) is 5.55. The van der Waals surface area contributed by atoms with E-state index in [9.17, 15) is 4.79 Å². The van der Waals surface area contributed by atoms with Crippen LogP contribution in [0.1, 0.15) is 31.7 Å². The highest BCUT2D eigenvalue weighted by Crippen LogP contribution is 2.28. The number of ether oxygens (including phenoxy) is 1. The molecule has 2 saturated heterocycles. The molecule has 0 aliphatic carbocycles. The number of piperidine rings is 1. The molecule has 5 nitrogen and oxygen atoms in total. The number of aromatic amines is 1. The molecule has 132 valence electrons. The average molecular weight is 372 g/mol. The van der Waals surface area contributed by atoms with Gasteiger partial charge in [0.25, 0.3) is 0 Å². The Balaban J connectivity index is 0.00000169. The molecule has 0 atom stereocenters. The van der Waals surface area contributed by atoms with Crippen LogP contribution in [-0.2, 0) is 4.74 Å². The van der Waals surface area contributed by atoms with Gasteiger partial charge in [0.2, 0.25) is 0 Å². The Morgan fingerprint density at radius 2 is 1.79 bits per heavy atom. The predicted octanol–water partition coefficient (Wildman–Crippen LogP) is 3.22. The first-order chi connectivity index (χ1) is 11.2. The highest BCUT2D eigenvalue weighted by Gasteiger charge is 2.28. The predicted molar refractivity (Wildman–Crippen MR) is 98.5 cm³/mol. The summed E-state index contributed by atoms with van der Waals surface area (Å²) >= 11 is 6.11. The van der Waals surface area contributed by atoms with Crippen molar-refractivity contribution in [1.82, 2.24) is 14.5 Å². The zero-order valence-corrected chi connectivity index (χ0v) is 15.1. The van der Waals surface area contributed by atoms with Crippen molar-refractivity contribution in [2.24, 2.45) is 0 Å². The number of benzene rings is 1. The summed E-state index contributed by atoms with van der Waals surface area (Å²) in [7, 11) is 0. The van der Waals surface area contributed by atoms with E-state index in [4.69, 9.17) is 16.3 Å². The molecule has 7 heteroatoms. The summed E-state index contributed by atoms with van der Waals surface area (Å²) in [6.45, 7) is 3.86. The summed E-state index contributed by atoms with van der Waals surface area (Å²) in [5.41, 5.74) is 1.77. The summed E-state index contributed by atoms with van der Waals surface area (Å²) in [5, 5.41) is 0.671. The smallest absolute Gasteiger partial charge is 0.326 e. The summed E-state index contributed by atoms with van der Waals surface area (Å²) in [6, 6.07) is 6.49. The molecule has 0 spiro atoms. The second-order valence-electron chi connectivity index (χ2n) is 6.57. The third-order valence-electron chi connectivity index (χ3n) is 5.25. The average Bonchev–Trinajstić information content (AvgIpc) is 2.91. The number of likely N-dealkylation sites (tertiary alicyclic amines) is 1. The van der Waals surface area contributed by atoms with Crippen LogP contribution in [0.4, 0.5) is 0 Å². The van der Waals surface area contributed by atoms with Crippen molar-refractivity contribution in [2.75, 3.05) is 26.3 Å². The molecule has 1 N–H and O–H groups in total. The van der Waals surface area contributed by atoms with E-state index in [1.54, 1.807) is 0 Å². The van der Waals surface area contributed by atoms with Crippen molar-refractivity contribution in [3.8, 4) is 0 Å². The maximum Gasteiger partial charge on any atom is 0.326 e. The van der Waals surface area contributed by atoms with Crippen molar-refractivity contribution in [3.63, 3.8) is 0 Å². The van der Waals surface area contributed by atoms with Gasteiger partial charge < -0.3 is 14.6 Å². The van der Waals surface area contributed by atoms with Gasteiger partial charge in [0, 0.05) is 43.4 Å². The first kappa shape index (κ1) is 17.8. The zero-order valence-electron chi connectivity index (χ0n) is 13.5. The second-order valence-corrected chi connectivity index (χ2v) is 7.01. The van der Waals surface area contributed by atoms with Gasteiger partial charge in [-0.1, -0.05) is 11.6 Å². The minimum absolute atomic E-state index is 0. The number of hydrogen-bond acceptors (Lipinski definition) is 3. The van der Waals surface area contributed by atoms with Crippen LogP contribution in [-0.4, -0.2) is 46.8 Å². The van der Waals surface area contributed by atoms with Crippen LogP contribution >= 0.6 is 24.0 Å². The fraction of sp³-hybridized carbons (Fsp3) is 0.588. The number of hydrogen-bond donors (Lipinski definition) is 1. The first-order valence-corrected chi connectivity index (χ1v) is 8.82. The molecule has 1 aromatic heterocycles. The third-order valence-corrected chi connectivity index (χ3v) is 5.49. The molecule has 24 heavy (non-hydrogen) atoms. The lowest BCUT2D eigenvalue weighted by Crippen LogP contribution is -2.45. The Morgan fingerprint density at radius 1 is 1.08 bits per heavy atom. The van der Waals surface area contributed by atoms with Crippen LogP contribution in [0.25, 0.3) is 11.0 Å². The minimum Gasteiger partial charge on any atom is -0.381 e. The SMILES string of the molecule is Cl.O=c1[nH]c2ccc(Cl)cc2n1C1CCN(C2CCOCC2)CC1. The molecule has 0 radical (unpaired) electrons. The van der Waals surface area contributed by atoms with Gasteiger partial charge in [0.15, 0.2) is 0 Å². The molecule has 2 aliphatic rings. The normalized spacial score (nSPS) is 21.0. The molecule has 0 bridgehead atoms. The number of H-pyrrole nitrogens is 1. The zero-order chi connectivity index (χ0) is 15.8. The maximum absolute atomic E-state index is 12.4. The number of nitrogens with one attached hydrogen (secondary N) is 1. The van der Waals surface area contributed by atoms with Crippen molar-refractivity contribution >= 4 is 35.0 Å². The minimum atomic E-state index is -0.0215. The Labute approximate surface area is 152 Å². The van der Waals surface area contributed by atoms with Gasteiger partial charge in [-0.3, -0.25) is 4.57 Å². The van der Waals surface area contributed by atoms with Gasteiger partial charge in [-0.15, -0.1) is 12.4 Å². The number of imidazole rings is 1. The Hall–Kier alpha value is -1.01. The van der Waals surface area contributed by atoms with Crippen molar-refractivity contribution in [3.05, 3.63) is 33.7 Å². The summed E-state index contributed by atoms with van der Waals surface area (Å²) in [4.78, 5) is 17.9. The summed E-state index contributed by atoms with van der Waals surface area (Å²) in [6.07, 6.45) is 4.29. The van der Waals surface area contributed by atoms with E-state index in [2.05, 4.69) is 9.88 Å². The van der Waals surface area contributed by atoms with Crippen LogP contribution in [0.5, 0.6) is 0 Å². The molecule has 4 rings (SSSR count). The number of fused-ring (bicyclic) bond motifs is 1. The molecular formula is C17H23Cl2N3O2. The number of rotatable bonds is 2. The molecule has 1 aromatic carbocycles. The molecule has 3 heterocycles. The fourth-order valence-electron chi connectivity index (χ4n) is 4.02. The van der Waals surface area contributed by atoms with E-state index in [0.717, 1.165) is 63.0 Å². The Bertz CT molecular complexity index is 744. The van der Waals surface area contributed by atoms with Gasteiger partial charge in [-0.25, -0.2) is 4.79 Å². The topological polar surface area (TPSA) is 50.3 Å². The molecule has 0 unspecified atom stereocenters. The highest BCUT2D eigenvalue weighted by molar-refractivity contribution is 6.31. The fourth-order valence-corrected chi connectivity index (χ4v) is 4.18. The van der Waals surface area contributed by atoms with E-state index in [-0.39, 0.29) is 24.1 Å². The Morgan fingerprint density at radius 3 is 2.50 bits per heavy atom. The van der Waals surface area contributed by atoms with Gasteiger partial charge >= 0.3 is 5.69 Å². The van der Waals surface area contributed by atoms with Crippen LogP contribution in [0.2, 0.25) is 5.02 Å². The molecular weight excluding hydrogens is 349 g/mol. The lowest BCUT2D eigenvalue weighted by Gasteiger charge is -2.39. The van der Waals surface area contributed by atoms with Gasteiger partial charge in [0.05, 0.1) is 11.0 Å². The highest BCUT2D eigenvalue weighted by atomic mass is 35.5. The van der Waals surface area contributed by atoms with Crippen LogP contribution < -0.4 is 5.69 Å². The molecule has 2 aliphatic heterocycles. The number of aromatic nitrogens is 2. The number of nitrogens with zero attached hydrogens (tertiary/aromatic N) is 2. The first-order valence-electron chi connectivity index (χ1n) is 8.44. The van der Waals surface area contributed by atoms with Gasteiger partial charge in [-0.05, 0) is 43.9 Å². The monoisotopic (exact) mass is 371 g/mol. The second kappa shape index (κ2) is 7.48. The molecule has 0 amide bonds. The largest absolute Gasteiger partial charge is 0.381 e.